The second-order valence-corrected chi connectivity index (χ2v) is 19.5. The van der Waals surface area contributed by atoms with E-state index in [4.69, 9.17) is 14.2 Å². The van der Waals surface area contributed by atoms with Crippen molar-refractivity contribution in [3.05, 3.63) is 0 Å². The summed E-state index contributed by atoms with van der Waals surface area (Å²) in [5.74, 6) is 0.789. The smallest absolute Gasteiger partial charge is 0.306 e. The summed E-state index contributed by atoms with van der Waals surface area (Å²) in [6.07, 6.45) is 48.0. The third-order valence-electron chi connectivity index (χ3n) is 12.2. The van der Waals surface area contributed by atoms with Crippen molar-refractivity contribution in [1.82, 2.24) is 0 Å². The molecule has 356 valence electrons. The normalized spacial score (nSPS) is 12.1. The number of carbonyl (C=O) groups excluding carboxylic acids is 3. The molecule has 0 radical (unpaired) electrons. The van der Waals surface area contributed by atoms with Gasteiger partial charge in [0.05, 0.1) is 0 Å². The van der Waals surface area contributed by atoms with E-state index in [1.807, 2.05) is 0 Å². The zero-order valence-electron chi connectivity index (χ0n) is 41.1. The molecule has 0 aromatic rings. The lowest BCUT2D eigenvalue weighted by molar-refractivity contribution is -0.167. The molecule has 0 fully saturated rings. The Kier molecular flexibility index (Phi) is 45.7. The van der Waals surface area contributed by atoms with E-state index in [0.29, 0.717) is 19.3 Å². The lowest BCUT2D eigenvalue weighted by atomic mass is 10.0. The molecule has 0 amide bonds. The molecule has 0 N–H and O–H groups in total. The van der Waals surface area contributed by atoms with Crippen LogP contribution >= 0.6 is 0 Å². The van der Waals surface area contributed by atoms with Gasteiger partial charge < -0.3 is 14.2 Å². The fourth-order valence-electron chi connectivity index (χ4n) is 8.17. The summed E-state index contributed by atoms with van der Waals surface area (Å²) in [5.41, 5.74) is 0. The van der Waals surface area contributed by atoms with Gasteiger partial charge in [0.25, 0.3) is 0 Å². The Bertz CT molecular complexity index is 916. The number of rotatable bonds is 48. The van der Waals surface area contributed by atoms with E-state index in [0.717, 1.165) is 69.6 Å². The number of esters is 3. The highest BCUT2D eigenvalue weighted by molar-refractivity contribution is 5.71. The van der Waals surface area contributed by atoms with Crippen molar-refractivity contribution in [3.8, 4) is 0 Å². The minimum absolute atomic E-state index is 0.0637. The van der Waals surface area contributed by atoms with Gasteiger partial charge in [0.2, 0.25) is 0 Å². The second kappa shape index (κ2) is 46.9. The molecule has 0 spiro atoms. The SMILES string of the molecule is CCCCCCCCCCCCCCCCCCC(=O)O[C@H](COC(=O)CCCCCCCCCCCCCC(C)C)COC(=O)CCCCCCCCCCCC(C)C. The van der Waals surface area contributed by atoms with Gasteiger partial charge in [0.1, 0.15) is 13.2 Å². The molecule has 6 nitrogen and oxygen atoms in total. The number of ether oxygens (including phenoxy) is 3. The van der Waals surface area contributed by atoms with Gasteiger partial charge in [-0.15, -0.1) is 0 Å². The predicted molar refractivity (Wildman–Crippen MR) is 256 cm³/mol. The zero-order valence-corrected chi connectivity index (χ0v) is 41.1. The minimum Gasteiger partial charge on any atom is -0.462 e. The first-order valence-corrected chi connectivity index (χ1v) is 26.7. The van der Waals surface area contributed by atoms with Crippen LogP contribution in [0.5, 0.6) is 0 Å². The van der Waals surface area contributed by atoms with Crippen molar-refractivity contribution >= 4 is 17.9 Å². The molecule has 0 saturated heterocycles. The Hall–Kier alpha value is -1.59. The molecule has 6 heteroatoms. The van der Waals surface area contributed by atoms with Crippen LogP contribution in [0.25, 0.3) is 0 Å². The summed E-state index contributed by atoms with van der Waals surface area (Å²) in [4.78, 5) is 38.0. The Morgan fingerprint density at radius 2 is 0.550 bits per heavy atom. The van der Waals surface area contributed by atoms with Crippen LogP contribution < -0.4 is 0 Å². The summed E-state index contributed by atoms with van der Waals surface area (Å²) in [7, 11) is 0. The van der Waals surface area contributed by atoms with E-state index in [1.165, 1.54) is 186 Å². The van der Waals surface area contributed by atoms with Crippen molar-refractivity contribution in [3.63, 3.8) is 0 Å². The predicted octanol–water partition coefficient (Wildman–Crippen LogP) is 17.3. The highest BCUT2D eigenvalue weighted by atomic mass is 16.6. The number of hydrogen-bond donors (Lipinski definition) is 0. The maximum absolute atomic E-state index is 12.8. The lowest BCUT2D eigenvalue weighted by Gasteiger charge is -2.18. The Labute approximate surface area is 374 Å². The molecule has 0 saturated carbocycles. The maximum Gasteiger partial charge on any atom is 0.306 e. The van der Waals surface area contributed by atoms with Crippen LogP contribution in [0.3, 0.4) is 0 Å². The van der Waals surface area contributed by atoms with Crippen molar-refractivity contribution in [2.75, 3.05) is 13.2 Å². The van der Waals surface area contributed by atoms with Gasteiger partial charge in [0, 0.05) is 19.3 Å². The standard InChI is InChI=1S/C54H104O6/c1-6-7-8-9-10-11-12-13-14-15-16-19-25-31-36-41-46-54(57)60-51(48-59-53(56)45-40-35-30-26-21-23-28-33-38-43-50(4)5)47-58-52(55)44-39-34-29-24-20-17-18-22-27-32-37-42-49(2)3/h49-51H,6-48H2,1-5H3/t51-/m1/s1. The molecule has 0 aliphatic rings. The number of hydrogen-bond acceptors (Lipinski definition) is 6. The Morgan fingerprint density at radius 3 is 0.817 bits per heavy atom. The molecule has 0 rings (SSSR count). The Balaban J connectivity index is 4.31. The van der Waals surface area contributed by atoms with Gasteiger partial charge >= 0.3 is 17.9 Å². The Morgan fingerprint density at radius 1 is 0.317 bits per heavy atom. The summed E-state index contributed by atoms with van der Waals surface area (Å²) in [6, 6.07) is 0. The van der Waals surface area contributed by atoms with Gasteiger partial charge in [-0.1, -0.05) is 259 Å². The molecule has 0 heterocycles. The first kappa shape index (κ1) is 58.4. The first-order valence-electron chi connectivity index (χ1n) is 26.7. The molecule has 0 aliphatic heterocycles. The second-order valence-electron chi connectivity index (χ2n) is 19.5. The van der Waals surface area contributed by atoms with Crippen molar-refractivity contribution < 1.29 is 28.6 Å². The lowest BCUT2D eigenvalue weighted by Crippen LogP contribution is -2.30. The molecule has 1 atom stereocenters. The minimum atomic E-state index is -0.762. The molecule has 0 bridgehead atoms. The average Bonchev–Trinajstić information content (AvgIpc) is 3.22. The van der Waals surface area contributed by atoms with Crippen LogP contribution in [0.1, 0.15) is 298 Å². The van der Waals surface area contributed by atoms with Gasteiger partial charge in [-0.2, -0.15) is 0 Å². The first-order chi connectivity index (χ1) is 29.2. The van der Waals surface area contributed by atoms with E-state index < -0.39 is 6.10 Å². The molecular formula is C54H104O6. The van der Waals surface area contributed by atoms with Crippen LogP contribution in [-0.4, -0.2) is 37.2 Å². The topological polar surface area (TPSA) is 78.9 Å². The maximum atomic E-state index is 12.8. The molecule has 0 aromatic carbocycles. The summed E-state index contributed by atoms with van der Waals surface area (Å²) >= 11 is 0. The fourth-order valence-corrected chi connectivity index (χ4v) is 8.17. The van der Waals surface area contributed by atoms with Crippen LogP contribution in [-0.2, 0) is 28.6 Å². The quantitative estimate of drug-likeness (QED) is 0.0345. The summed E-state index contributed by atoms with van der Waals surface area (Å²) in [6.45, 7) is 11.4. The molecular weight excluding hydrogens is 745 g/mol. The zero-order chi connectivity index (χ0) is 44.0. The van der Waals surface area contributed by atoms with Crippen molar-refractivity contribution in [2.45, 2.75) is 304 Å². The van der Waals surface area contributed by atoms with E-state index in [-0.39, 0.29) is 31.1 Å². The molecule has 0 aromatic heterocycles. The molecule has 0 unspecified atom stereocenters. The van der Waals surface area contributed by atoms with Crippen LogP contribution in [0.15, 0.2) is 0 Å². The van der Waals surface area contributed by atoms with Gasteiger partial charge in [-0.3, -0.25) is 14.4 Å². The number of unbranched alkanes of at least 4 members (excludes halogenated alkanes) is 33. The third-order valence-corrected chi connectivity index (χ3v) is 12.2. The monoisotopic (exact) mass is 849 g/mol. The summed E-state index contributed by atoms with van der Waals surface area (Å²) < 4.78 is 16.8. The fraction of sp³-hybridized carbons (Fsp3) is 0.944. The van der Waals surface area contributed by atoms with Crippen LogP contribution in [0.4, 0.5) is 0 Å². The number of carbonyl (C=O) groups is 3. The van der Waals surface area contributed by atoms with Crippen molar-refractivity contribution in [1.29, 1.82) is 0 Å². The van der Waals surface area contributed by atoms with E-state index in [1.54, 1.807) is 0 Å². The van der Waals surface area contributed by atoms with E-state index >= 15 is 0 Å². The van der Waals surface area contributed by atoms with Gasteiger partial charge in [0.15, 0.2) is 6.10 Å². The molecule has 60 heavy (non-hydrogen) atoms. The van der Waals surface area contributed by atoms with Crippen LogP contribution in [0, 0.1) is 11.8 Å². The van der Waals surface area contributed by atoms with Crippen molar-refractivity contribution in [2.24, 2.45) is 11.8 Å². The molecule has 0 aliphatic carbocycles. The van der Waals surface area contributed by atoms with E-state index in [2.05, 4.69) is 34.6 Å². The highest BCUT2D eigenvalue weighted by Crippen LogP contribution is 2.17. The van der Waals surface area contributed by atoms with E-state index in [9.17, 15) is 14.4 Å². The van der Waals surface area contributed by atoms with Gasteiger partial charge in [-0.25, -0.2) is 0 Å². The average molecular weight is 849 g/mol. The van der Waals surface area contributed by atoms with Gasteiger partial charge in [-0.05, 0) is 31.1 Å². The third kappa shape index (κ3) is 47.5. The highest BCUT2D eigenvalue weighted by Gasteiger charge is 2.19. The van der Waals surface area contributed by atoms with Crippen LogP contribution in [0.2, 0.25) is 0 Å². The largest absolute Gasteiger partial charge is 0.462 e. The summed E-state index contributed by atoms with van der Waals surface area (Å²) in [5, 5.41) is 0.